The van der Waals surface area contributed by atoms with Crippen LogP contribution in [0, 0.1) is 11.8 Å². The maximum absolute atomic E-state index is 11.7. The van der Waals surface area contributed by atoms with Crippen LogP contribution in [0.4, 0.5) is 0 Å². The number of carboxylic acid groups (broad SMARTS) is 1. The molecular weight excluding hydrogens is 248 g/mol. The number of carbonyl (C=O) groups excluding carboxylic acids is 1. The highest BCUT2D eigenvalue weighted by Gasteiger charge is 2.12. The van der Waals surface area contributed by atoms with Crippen molar-refractivity contribution < 1.29 is 19.4 Å². The lowest BCUT2D eigenvalue weighted by Gasteiger charge is -2.01. The molecule has 19 heavy (non-hydrogen) atoms. The number of esters is 1. The Hall–Kier alpha value is -2.81. The van der Waals surface area contributed by atoms with E-state index < -0.39 is 11.9 Å². The summed E-state index contributed by atoms with van der Waals surface area (Å²) < 4.78 is 4.69. The number of hydrogen-bond acceptors (Lipinski definition) is 4. The highest BCUT2D eigenvalue weighted by Crippen LogP contribution is 2.19. The number of fused-ring (bicyclic) bond motifs is 1. The van der Waals surface area contributed by atoms with Gasteiger partial charge < -0.3 is 9.84 Å². The average molecular weight is 258 g/mol. The summed E-state index contributed by atoms with van der Waals surface area (Å²) in [6, 6.07) is 3.25. The van der Waals surface area contributed by atoms with Crippen LogP contribution in [0.1, 0.15) is 22.3 Å². The Morgan fingerprint density at radius 3 is 2.95 bits per heavy atom. The monoisotopic (exact) mass is 258 g/mol. The molecule has 0 fully saturated rings. The van der Waals surface area contributed by atoms with E-state index in [1.165, 1.54) is 13.3 Å². The smallest absolute Gasteiger partial charge is 0.338 e. The first-order chi connectivity index (χ1) is 9.11. The number of nitrogens with one attached hydrogen (secondary N) is 1. The van der Waals surface area contributed by atoms with Crippen LogP contribution in [-0.2, 0) is 9.53 Å². The van der Waals surface area contributed by atoms with Gasteiger partial charge in [0.1, 0.15) is 6.42 Å². The quantitative estimate of drug-likeness (QED) is 0.623. The minimum absolute atomic E-state index is 0.255. The summed E-state index contributed by atoms with van der Waals surface area (Å²) >= 11 is 0. The Balaban J connectivity index is 2.48. The molecule has 1 heterocycles. The average Bonchev–Trinajstić information content (AvgIpc) is 2.84. The number of carbonyl (C=O) groups is 2. The molecule has 6 nitrogen and oxygen atoms in total. The molecule has 6 heteroatoms. The molecule has 0 aliphatic rings. The molecule has 1 aromatic carbocycles. The number of aliphatic carboxylic acids is 1. The molecule has 0 aliphatic carbocycles. The first-order valence-electron chi connectivity index (χ1n) is 5.38. The number of ether oxygens (including phenoxy) is 1. The van der Waals surface area contributed by atoms with E-state index in [9.17, 15) is 9.59 Å². The molecule has 2 rings (SSSR count). The summed E-state index contributed by atoms with van der Waals surface area (Å²) in [5.41, 5.74) is 1.51. The minimum atomic E-state index is -0.997. The van der Waals surface area contributed by atoms with E-state index in [1.807, 2.05) is 0 Å². The molecule has 0 unspecified atom stereocenters. The number of aromatic amines is 1. The van der Waals surface area contributed by atoms with E-state index in [4.69, 9.17) is 5.11 Å². The Morgan fingerprint density at radius 1 is 1.47 bits per heavy atom. The highest BCUT2D eigenvalue weighted by atomic mass is 16.5. The van der Waals surface area contributed by atoms with Crippen molar-refractivity contribution >= 4 is 22.8 Å². The third-order valence-corrected chi connectivity index (χ3v) is 2.44. The third-order valence-electron chi connectivity index (χ3n) is 2.44. The Labute approximate surface area is 108 Å². The largest absolute Gasteiger partial charge is 0.481 e. The molecule has 0 aliphatic heterocycles. The standard InChI is InChI=1S/C13H10N2O4/c1-19-13(18)9-5-8(3-2-4-12(16)17)6-11-10(9)7-14-15-11/h5-7H,4H2,1H3,(H,14,15)(H,16,17). The molecule has 0 saturated heterocycles. The summed E-state index contributed by atoms with van der Waals surface area (Å²) in [5.74, 6) is 3.71. The zero-order valence-electron chi connectivity index (χ0n) is 10.1. The molecule has 0 bridgehead atoms. The van der Waals surface area contributed by atoms with Crippen LogP contribution in [0.5, 0.6) is 0 Å². The predicted molar refractivity (Wildman–Crippen MR) is 66.6 cm³/mol. The maximum Gasteiger partial charge on any atom is 0.338 e. The van der Waals surface area contributed by atoms with E-state index >= 15 is 0 Å². The summed E-state index contributed by atoms with van der Waals surface area (Å²) in [6.07, 6.45) is 1.27. The number of rotatable bonds is 2. The second-order valence-corrected chi connectivity index (χ2v) is 3.72. The van der Waals surface area contributed by atoms with E-state index in [0.717, 1.165) is 0 Å². The number of carboxylic acids is 1. The number of benzene rings is 1. The van der Waals surface area contributed by atoms with Gasteiger partial charge in [-0.05, 0) is 12.1 Å². The Bertz CT molecular complexity index is 706. The Morgan fingerprint density at radius 2 is 2.26 bits per heavy atom. The lowest BCUT2D eigenvalue weighted by molar-refractivity contribution is -0.135. The fourth-order valence-corrected chi connectivity index (χ4v) is 1.62. The predicted octanol–water partition coefficient (Wildman–Crippen LogP) is 1.18. The number of nitrogens with zero attached hydrogens (tertiary/aromatic N) is 1. The zero-order valence-corrected chi connectivity index (χ0v) is 10.1. The van der Waals surface area contributed by atoms with Gasteiger partial charge in [-0.2, -0.15) is 5.10 Å². The molecule has 0 spiro atoms. The first kappa shape index (κ1) is 12.6. The van der Waals surface area contributed by atoms with Crippen molar-refractivity contribution in [3.05, 3.63) is 29.5 Å². The van der Waals surface area contributed by atoms with E-state index in [2.05, 4.69) is 26.8 Å². The maximum atomic E-state index is 11.7. The van der Waals surface area contributed by atoms with Crippen molar-refractivity contribution in [1.82, 2.24) is 10.2 Å². The number of methoxy groups -OCH3 is 1. The Kier molecular flexibility index (Phi) is 3.48. The van der Waals surface area contributed by atoms with Crippen LogP contribution >= 0.6 is 0 Å². The normalized spacial score (nSPS) is 9.74. The summed E-state index contributed by atoms with van der Waals surface area (Å²) in [7, 11) is 1.29. The van der Waals surface area contributed by atoms with Gasteiger partial charge in [0, 0.05) is 10.9 Å². The van der Waals surface area contributed by atoms with E-state index in [-0.39, 0.29) is 6.42 Å². The first-order valence-corrected chi connectivity index (χ1v) is 5.38. The topological polar surface area (TPSA) is 92.3 Å². The second kappa shape index (κ2) is 5.23. The van der Waals surface area contributed by atoms with Crippen LogP contribution < -0.4 is 0 Å². The zero-order chi connectivity index (χ0) is 13.8. The number of hydrogen-bond donors (Lipinski definition) is 2. The highest BCUT2D eigenvalue weighted by molar-refractivity contribution is 6.03. The molecule has 0 saturated carbocycles. The number of H-pyrrole nitrogens is 1. The third kappa shape index (κ3) is 2.72. The lowest BCUT2D eigenvalue weighted by Crippen LogP contribution is -2.02. The minimum Gasteiger partial charge on any atom is -0.481 e. The van der Waals surface area contributed by atoms with Crippen LogP contribution in [-0.4, -0.2) is 34.4 Å². The van der Waals surface area contributed by atoms with Crippen LogP contribution in [0.25, 0.3) is 10.9 Å². The molecular formula is C13H10N2O4. The number of aromatic nitrogens is 2. The van der Waals surface area contributed by atoms with Gasteiger partial charge >= 0.3 is 11.9 Å². The summed E-state index contributed by atoms with van der Waals surface area (Å²) in [6.45, 7) is 0. The molecule has 0 radical (unpaired) electrons. The van der Waals surface area contributed by atoms with Gasteiger partial charge in [-0.25, -0.2) is 4.79 Å². The van der Waals surface area contributed by atoms with Gasteiger partial charge in [0.15, 0.2) is 0 Å². The molecule has 2 N–H and O–H groups in total. The fourth-order valence-electron chi connectivity index (χ4n) is 1.62. The van der Waals surface area contributed by atoms with E-state index in [1.54, 1.807) is 12.1 Å². The van der Waals surface area contributed by atoms with Gasteiger partial charge in [-0.1, -0.05) is 11.8 Å². The van der Waals surface area contributed by atoms with Crippen molar-refractivity contribution in [2.24, 2.45) is 0 Å². The van der Waals surface area contributed by atoms with Crippen molar-refractivity contribution in [3.8, 4) is 11.8 Å². The van der Waals surface area contributed by atoms with E-state index in [0.29, 0.717) is 22.0 Å². The summed E-state index contributed by atoms with van der Waals surface area (Å²) in [5, 5.41) is 15.7. The molecule has 0 amide bonds. The van der Waals surface area contributed by atoms with Crippen molar-refractivity contribution in [3.63, 3.8) is 0 Å². The molecule has 2 aromatic rings. The van der Waals surface area contributed by atoms with Gasteiger partial charge in [0.2, 0.25) is 0 Å². The van der Waals surface area contributed by atoms with Crippen molar-refractivity contribution in [2.45, 2.75) is 6.42 Å². The van der Waals surface area contributed by atoms with Crippen molar-refractivity contribution in [1.29, 1.82) is 0 Å². The van der Waals surface area contributed by atoms with Crippen LogP contribution in [0.2, 0.25) is 0 Å². The van der Waals surface area contributed by atoms with Crippen LogP contribution in [0.15, 0.2) is 18.3 Å². The molecule has 0 atom stereocenters. The van der Waals surface area contributed by atoms with Gasteiger partial charge in [-0.15, -0.1) is 0 Å². The van der Waals surface area contributed by atoms with Crippen LogP contribution in [0.3, 0.4) is 0 Å². The van der Waals surface area contributed by atoms with Crippen molar-refractivity contribution in [2.75, 3.05) is 7.11 Å². The molecule has 1 aromatic heterocycles. The SMILES string of the molecule is COC(=O)c1cc(C#CCC(=O)O)cc2[nH]ncc12. The molecule has 96 valence electrons. The van der Waals surface area contributed by atoms with Gasteiger partial charge in [0.05, 0.1) is 24.4 Å². The lowest BCUT2D eigenvalue weighted by atomic mass is 10.1. The second-order valence-electron chi connectivity index (χ2n) is 3.72. The van der Waals surface area contributed by atoms with Gasteiger partial charge in [0.25, 0.3) is 0 Å². The van der Waals surface area contributed by atoms with Gasteiger partial charge in [-0.3, -0.25) is 9.89 Å². The summed E-state index contributed by atoms with van der Waals surface area (Å²) in [4.78, 5) is 22.0. The fraction of sp³-hybridized carbons (Fsp3) is 0.154.